The Morgan fingerprint density at radius 2 is 1.87 bits per heavy atom. The van der Waals surface area contributed by atoms with Crippen LogP contribution >= 0.6 is 0 Å². The van der Waals surface area contributed by atoms with Crippen molar-refractivity contribution in [1.29, 1.82) is 0 Å². The van der Waals surface area contributed by atoms with Crippen molar-refractivity contribution in [2.45, 2.75) is 38.4 Å². The van der Waals surface area contributed by atoms with E-state index in [1.165, 1.54) is 0 Å². The Balaban J connectivity index is 2.18. The van der Waals surface area contributed by atoms with Crippen molar-refractivity contribution in [3.05, 3.63) is 35.9 Å². The average Bonchev–Trinajstić information content (AvgIpc) is 2.87. The van der Waals surface area contributed by atoms with Crippen molar-refractivity contribution < 1.29 is 19.1 Å². The monoisotopic (exact) mass is 320 g/mol. The van der Waals surface area contributed by atoms with Gasteiger partial charge in [0, 0.05) is 19.5 Å². The zero-order valence-electron chi connectivity index (χ0n) is 13.7. The van der Waals surface area contributed by atoms with Gasteiger partial charge in [0.25, 0.3) is 0 Å². The summed E-state index contributed by atoms with van der Waals surface area (Å²) in [5.74, 6) is -0.815. The average molecular weight is 320 g/mol. The highest BCUT2D eigenvalue weighted by atomic mass is 16.5. The van der Waals surface area contributed by atoms with E-state index in [0.29, 0.717) is 13.2 Å². The molecule has 1 aliphatic heterocycles. The molecule has 6 heteroatoms. The molecule has 2 rings (SSSR count). The van der Waals surface area contributed by atoms with Crippen LogP contribution in [-0.4, -0.2) is 48.2 Å². The summed E-state index contributed by atoms with van der Waals surface area (Å²) in [6.45, 7) is 4.86. The quantitative estimate of drug-likeness (QED) is 0.790. The van der Waals surface area contributed by atoms with Crippen LogP contribution in [-0.2, 0) is 25.6 Å². The van der Waals surface area contributed by atoms with E-state index in [-0.39, 0.29) is 25.5 Å². The highest BCUT2D eigenvalue weighted by molar-refractivity contribution is 5.85. The van der Waals surface area contributed by atoms with Crippen LogP contribution in [0.1, 0.15) is 25.8 Å². The lowest BCUT2D eigenvalue weighted by atomic mass is 9.97. The number of likely N-dealkylation sites (tertiary alicyclic amines) is 1. The van der Waals surface area contributed by atoms with E-state index in [2.05, 4.69) is 0 Å². The molecule has 1 aromatic carbocycles. The molecule has 1 saturated heterocycles. The standard InChI is InChI=1S/C17H24N2O4/c1-3-22-15(20)14-10-17(18,16(21)23-4-2)12-19(14)11-13-8-6-5-7-9-13/h5-9,14H,3-4,10-12,18H2,1-2H3/t14-,17+/m0/s1. The Morgan fingerprint density at radius 3 is 2.48 bits per heavy atom. The van der Waals surface area contributed by atoms with Crippen molar-refractivity contribution in [2.24, 2.45) is 5.73 Å². The zero-order chi connectivity index (χ0) is 16.9. The fourth-order valence-electron chi connectivity index (χ4n) is 2.89. The lowest BCUT2D eigenvalue weighted by Gasteiger charge is -2.23. The van der Waals surface area contributed by atoms with E-state index in [9.17, 15) is 9.59 Å². The Bertz CT molecular complexity index is 549. The SMILES string of the molecule is CCOC(=O)[C@@H]1C[C@](N)(C(=O)OCC)CN1Cc1ccccc1. The molecule has 1 aliphatic rings. The summed E-state index contributed by atoms with van der Waals surface area (Å²) in [7, 11) is 0. The van der Waals surface area contributed by atoms with E-state index in [1.54, 1.807) is 13.8 Å². The fraction of sp³-hybridized carbons (Fsp3) is 0.529. The third kappa shape index (κ3) is 4.09. The van der Waals surface area contributed by atoms with Crippen molar-refractivity contribution in [1.82, 2.24) is 4.90 Å². The molecule has 2 atom stereocenters. The number of esters is 2. The maximum Gasteiger partial charge on any atom is 0.327 e. The maximum absolute atomic E-state index is 12.2. The highest BCUT2D eigenvalue weighted by Gasteiger charge is 2.50. The van der Waals surface area contributed by atoms with Gasteiger partial charge in [-0.05, 0) is 19.4 Å². The molecule has 6 nitrogen and oxygen atoms in total. The van der Waals surface area contributed by atoms with Gasteiger partial charge >= 0.3 is 11.9 Å². The number of rotatable bonds is 6. The highest BCUT2D eigenvalue weighted by Crippen LogP contribution is 2.29. The summed E-state index contributed by atoms with van der Waals surface area (Å²) in [6.07, 6.45) is 0.206. The molecule has 0 bridgehead atoms. The number of ether oxygens (including phenoxy) is 2. The second-order valence-corrected chi connectivity index (χ2v) is 5.74. The van der Waals surface area contributed by atoms with Gasteiger partial charge in [0.15, 0.2) is 0 Å². The zero-order valence-corrected chi connectivity index (χ0v) is 13.7. The fourth-order valence-corrected chi connectivity index (χ4v) is 2.89. The number of carbonyl (C=O) groups excluding carboxylic acids is 2. The van der Waals surface area contributed by atoms with Crippen LogP contribution in [0.15, 0.2) is 30.3 Å². The van der Waals surface area contributed by atoms with E-state index >= 15 is 0 Å². The van der Waals surface area contributed by atoms with E-state index < -0.39 is 17.6 Å². The predicted molar refractivity (Wildman–Crippen MR) is 85.4 cm³/mol. The maximum atomic E-state index is 12.2. The summed E-state index contributed by atoms with van der Waals surface area (Å²) in [6, 6.07) is 9.22. The second-order valence-electron chi connectivity index (χ2n) is 5.74. The Labute approximate surface area is 136 Å². The molecule has 23 heavy (non-hydrogen) atoms. The molecule has 1 fully saturated rings. The molecule has 0 unspecified atom stereocenters. The molecule has 0 amide bonds. The molecular formula is C17H24N2O4. The van der Waals surface area contributed by atoms with Crippen LogP contribution in [0.25, 0.3) is 0 Å². The number of hydrogen-bond donors (Lipinski definition) is 1. The van der Waals surface area contributed by atoms with Crippen LogP contribution in [0, 0.1) is 0 Å². The van der Waals surface area contributed by atoms with Crippen LogP contribution in [0.5, 0.6) is 0 Å². The van der Waals surface area contributed by atoms with Gasteiger partial charge in [-0.2, -0.15) is 0 Å². The molecule has 0 spiro atoms. The Kier molecular flexibility index (Phi) is 5.74. The van der Waals surface area contributed by atoms with E-state index in [4.69, 9.17) is 15.2 Å². The van der Waals surface area contributed by atoms with Crippen molar-refractivity contribution in [3.63, 3.8) is 0 Å². The molecule has 126 valence electrons. The third-order valence-corrected chi connectivity index (χ3v) is 3.95. The normalized spacial score (nSPS) is 24.4. The van der Waals surface area contributed by atoms with Crippen molar-refractivity contribution in [2.75, 3.05) is 19.8 Å². The first kappa shape index (κ1) is 17.4. The molecule has 0 aliphatic carbocycles. The summed E-state index contributed by atoms with van der Waals surface area (Å²) in [5, 5.41) is 0. The molecule has 0 aromatic heterocycles. The van der Waals surface area contributed by atoms with E-state index in [0.717, 1.165) is 5.56 Å². The van der Waals surface area contributed by atoms with Gasteiger partial charge in [0.2, 0.25) is 0 Å². The molecule has 2 N–H and O–H groups in total. The lowest BCUT2D eigenvalue weighted by molar-refractivity contribution is -0.149. The lowest BCUT2D eigenvalue weighted by Crippen LogP contribution is -2.51. The minimum absolute atomic E-state index is 0.206. The summed E-state index contributed by atoms with van der Waals surface area (Å²) < 4.78 is 10.2. The number of nitrogens with zero attached hydrogens (tertiary/aromatic N) is 1. The van der Waals surface area contributed by atoms with Gasteiger partial charge in [-0.1, -0.05) is 30.3 Å². The molecule has 1 aromatic rings. The number of benzene rings is 1. The molecule has 0 saturated carbocycles. The Hall–Kier alpha value is -1.92. The summed E-state index contributed by atoms with van der Waals surface area (Å²) in [5.41, 5.74) is 6.11. The minimum Gasteiger partial charge on any atom is -0.465 e. The topological polar surface area (TPSA) is 81.9 Å². The van der Waals surface area contributed by atoms with Crippen LogP contribution in [0.2, 0.25) is 0 Å². The largest absolute Gasteiger partial charge is 0.465 e. The molecular weight excluding hydrogens is 296 g/mol. The van der Waals surface area contributed by atoms with Gasteiger partial charge in [-0.25, -0.2) is 0 Å². The van der Waals surface area contributed by atoms with E-state index in [1.807, 2.05) is 35.2 Å². The van der Waals surface area contributed by atoms with Gasteiger partial charge in [-0.3, -0.25) is 14.5 Å². The summed E-state index contributed by atoms with van der Waals surface area (Å²) in [4.78, 5) is 26.3. The number of nitrogens with two attached hydrogens (primary N) is 1. The smallest absolute Gasteiger partial charge is 0.327 e. The van der Waals surface area contributed by atoms with Crippen LogP contribution < -0.4 is 5.73 Å². The van der Waals surface area contributed by atoms with Gasteiger partial charge in [0.1, 0.15) is 11.6 Å². The number of carbonyl (C=O) groups is 2. The second kappa shape index (κ2) is 7.57. The Morgan fingerprint density at radius 1 is 1.22 bits per heavy atom. The van der Waals surface area contributed by atoms with Crippen LogP contribution in [0.3, 0.4) is 0 Å². The first-order valence-electron chi connectivity index (χ1n) is 7.91. The predicted octanol–water partition coefficient (Wildman–Crippen LogP) is 1.08. The third-order valence-electron chi connectivity index (χ3n) is 3.95. The first-order valence-corrected chi connectivity index (χ1v) is 7.91. The molecule has 0 radical (unpaired) electrons. The number of hydrogen-bond acceptors (Lipinski definition) is 6. The van der Waals surface area contributed by atoms with Gasteiger partial charge in [0.05, 0.1) is 13.2 Å². The van der Waals surface area contributed by atoms with Gasteiger partial charge < -0.3 is 15.2 Å². The summed E-state index contributed by atoms with van der Waals surface area (Å²) >= 11 is 0. The minimum atomic E-state index is -1.18. The van der Waals surface area contributed by atoms with Crippen LogP contribution in [0.4, 0.5) is 0 Å². The van der Waals surface area contributed by atoms with Gasteiger partial charge in [-0.15, -0.1) is 0 Å². The first-order chi connectivity index (χ1) is 11.0. The van der Waals surface area contributed by atoms with Crippen molar-refractivity contribution >= 4 is 11.9 Å². The molecule has 1 heterocycles. The van der Waals surface area contributed by atoms with Crippen molar-refractivity contribution in [3.8, 4) is 0 Å².